The summed E-state index contributed by atoms with van der Waals surface area (Å²) in [5.74, 6) is 0. The summed E-state index contributed by atoms with van der Waals surface area (Å²) in [6.07, 6.45) is 0.867. The summed E-state index contributed by atoms with van der Waals surface area (Å²) in [5.41, 5.74) is 8.41. The molecule has 3 N–H and O–H groups in total. The average Bonchev–Trinajstić information content (AvgIpc) is 2.44. The van der Waals surface area contributed by atoms with Gasteiger partial charge < -0.3 is 11.1 Å². The highest BCUT2D eigenvalue weighted by Crippen LogP contribution is 2.54. The van der Waals surface area contributed by atoms with Gasteiger partial charge in [0.15, 0.2) is 5.11 Å². The molecule has 1 aromatic rings. The molecule has 0 bridgehead atoms. The predicted molar refractivity (Wildman–Crippen MR) is 88.9 cm³/mol. The van der Waals surface area contributed by atoms with Crippen molar-refractivity contribution >= 4 is 28.7 Å². The molecule has 0 aromatic heterocycles. The highest BCUT2D eigenvalue weighted by Gasteiger charge is 2.47. The molecule has 0 heterocycles. The first-order valence-corrected chi connectivity index (χ1v) is 7.27. The van der Waals surface area contributed by atoms with Crippen LogP contribution < -0.4 is 11.1 Å². The zero-order chi connectivity index (χ0) is 16.2. The molecule has 0 spiro atoms. The Hall–Kier alpha value is -1.69. The van der Waals surface area contributed by atoms with Crippen LogP contribution in [-0.2, 0) is 10.8 Å². The molecule has 0 atom stereocenters. The number of benzene rings is 1. The number of thiocarbonyl (C=S) groups is 1. The van der Waals surface area contributed by atoms with E-state index in [2.05, 4.69) is 33.0 Å². The third kappa shape index (κ3) is 2.48. The Morgan fingerprint density at radius 1 is 1.38 bits per heavy atom. The van der Waals surface area contributed by atoms with E-state index in [0.717, 1.165) is 17.5 Å². The lowest BCUT2D eigenvalue weighted by Gasteiger charge is -2.22. The fourth-order valence-electron chi connectivity index (χ4n) is 3.77. The molecule has 0 radical (unpaired) electrons. The minimum atomic E-state index is -0.290. The van der Waals surface area contributed by atoms with Crippen molar-refractivity contribution in [1.29, 1.82) is 0 Å². The standard InChI is InChI=1S/C15H21N3O2S/c1-8-10(17-13(16)21)6-9-11(12(8)18(19)20)15(4,5)7-14(9,2)3/h6H,7H2,1-5H3,(H3,16,17,21). The lowest BCUT2D eigenvalue weighted by molar-refractivity contribution is -0.386. The number of nitro benzene ring substituents is 1. The molecule has 0 saturated heterocycles. The number of rotatable bonds is 2. The normalized spacial score (nSPS) is 18.1. The summed E-state index contributed by atoms with van der Waals surface area (Å²) in [7, 11) is 0. The van der Waals surface area contributed by atoms with Gasteiger partial charge in [-0.05, 0) is 48.0 Å². The highest BCUT2D eigenvalue weighted by atomic mass is 32.1. The molecule has 0 fully saturated rings. The highest BCUT2D eigenvalue weighted by molar-refractivity contribution is 7.80. The van der Waals surface area contributed by atoms with Gasteiger partial charge in [-0.1, -0.05) is 27.7 Å². The first-order chi connectivity index (χ1) is 9.47. The lowest BCUT2D eigenvalue weighted by Crippen LogP contribution is -2.21. The maximum atomic E-state index is 11.6. The van der Waals surface area contributed by atoms with Gasteiger partial charge in [0, 0.05) is 5.56 Å². The maximum Gasteiger partial charge on any atom is 0.278 e. The van der Waals surface area contributed by atoms with Crippen LogP contribution in [0, 0.1) is 17.0 Å². The molecular formula is C15H21N3O2S. The van der Waals surface area contributed by atoms with Crippen molar-refractivity contribution in [2.75, 3.05) is 5.32 Å². The van der Waals surface area contributed by atoms with Crippen molar-refractivity contribution in [3.63, 3.8) is 0 Å². The molecule has 1 aliphatic rings. The molecule has 0 aliphatic heterocycles. The van der Waals surface area contributed by atoms with Crippen LogP contribution in [0.5, 0.6) is 0 Å². The van der Waals surface area contributed by atoms with Gasteiger partial charge >= 0.3 is 0 Å². The Morgan fingerprint density at radius 2 is 1.95 bits per heavy atom. The third-order valence-corrected chi connectivity index (χ3v) is 4.39. The van der Waals surface area contributed by atoms with Crippen LogP contribution in [0.1, 0.15) is 50.8 Å². The zero-order valence-corrected chi connectivity index (χ0v) is 13.9. The van der Waals surface area contributed by atoms with Gasteiger partial charge in [-0.2, -0.15) is 0 Å². The molecular weight excluding hydrogens is 286 g/mol. The second-order valence-electron chi connectivity index (χ2n) is 7.01. The quantitative estimate of drug-likeness (QED) is 0.496. The van der Waals surface area contributed by atoms with E-state index in [0.29, 0.717) is 11.3 Å². The molecule has 1 aliphatic carbocycles. The van der Waals surface area contributed by atoms with Crippen LogP contribution in [0.2, 0.25) is 0 Å². The van der Waals surface area contributed by atoms with Crippen molar-refractivity contribution in [2.24, 2.45) is 5.73 Å². The minimum Gasteiger partial charge on any atom is -0.376 e. The van der Waals surface area contributed by atoms with Crippen LogP contribution in [-0.4, -0.2) is 10.0 Å². The van der Waals surface area contributed by atoms with Gasteiger partial charge in [0.1, 0.15) is 0 Å². The van der Waals surface area contributed by atoms with Gasteiger partial charge in [-0.25, -0.2) is 0 Å². The van der Waals surface area contributed by atoms with Crippen LogP contribution in [0.15, 0.2) is 6.07 Å². The smallest absolute Gasteiger partial charge is 0.278 e. The SMILES string of the molecule is Cc1c(NC(N)=S)cc2c(c1[N+](=O)[O-])C(C)(C)CC2(C)C. The minimum absolute atomic E-state index is 0.113. The van der Waals surface area contributed by atoms with Crippen molar-refractivity contribution in [3.05, 3.63) is 32.9 Å². The van der Waals surface area contributed by atoms with Crippen LogP contribution in [0.25, 0.3) is 0 Å². The Labute approximate surface area is 130 Å². The Morgan fingerprint density at radius 3 is 2.43 bits per heavy atom. The lowest BCUT2D eigenvalue weighted by atomic mass is 9.81. The number of anilines is 1. The molecule has 114 valence electrons. The van der Waals surface area contributed by atoms with Gasteiger partial charge in [0.05, 0.1) is 16.2 Å². The average molecular weight is 307 g/mol. The number of nitrogens with two attached hydrogens (primary N) is 1. The molecule has 0 unspecified atom stereocenters. The monoisotopic (exact) mass is 307 g/mol. The van der Waals surface area contributed by atoms with E-state index < -0.39 is 0 Å². The van der Waals surface area contributed by atoms with Crippen molar-refractivity contribution in [2.45, 2.75) is 51.9 Å². The number of hydrogen-bond donors (Lipinski definition) is 2. The van der Waals surface area contributed by atoms with Crippen LogP contribution in [0.4, 0.5) is 11.4 Å². The van der Waals surface area contributed by atoms with Gasteiger partial charge in [-0.3, -0.25) is 10.1 Å². The van der Waals surface area contributed by atoms with E-state index in [9.17, 15) is 10.1 Å². The molecule has 0 saturated carbocycles. The van der Waals surface area contributed by atoms with Crippen LogP contribution in [0.3, 0.4) is 0 Å². The third-order valence-electron chi connectivity index (χ3n) is 4.28. The Bertz CT molecular complexity index is 651. The first kappa shape index (κ1) is 15.7. The predicted octanol–water partition coefficient (Wildman–Crippen LogP) is 3.52. The Balaban J connectivity index is 2.84. The van der Waals surface area contributed by atoms with E-state index in [1.165, 1.54) is 0 Å². The summed E-state index contributed by atoms with van der Waals surface area (Å²) in [6, 6.07) is 1.96. The second kappa shape index (κ2) is 4.66. The van der Waals surface area contributed by atoms with Gasteiger partial charge in [-0.15, -0.1) is 0 Å². The number of nitrogens with one attached hydrogen (secondary N) is 1. The van der Waals surface area contributed by atoms with Crippen molar-refractivity contribution in [1.82, 2.24) is 0 Å². The van der Waals surface area contributed by atoms with E-state index in [4.69, 9.17) is 18.0 Å². The fraction of sp³-hybridized carbons (Fsp3) is 0.533. The number of hydrogen-bond acceptors (Lipinski definition) is 3. The molecule has 6 heteroatoms. The largest absolute Gasteiger partial charge is 0.376 e. The van der Waals surface area contributed by atoms with Crippen LogP contribution >= 0.6 is 12.2 Å². The van der Waals surface area contributed by atoms with E-state index in [1.807, 2.05) is 6.07 Å². The van der Waals surface area contributed by atoms with Crippen molar-refractivity contribution in [3.8, 4) is 0 Å². The number of nitro groups is 1. The van der Waals surface area contributed by atoms with E-state index in [1.54, 1.807) is 6.92 Å². The summed E-state index contributed by atoms with van der Waals surface area (Å²) >= 11 is 4.87. The van der Waals surface area contributed by atoms with Crippen molar-refractivity contribution < 1.29 is 4.92 Å². The zero-order valence-electron chi connectivity index (χ0n) is 13.0. The maximum absolute atomic E-state index is 11.6. The number of fused-ring (bicyclic) bond motifs is 1. The molecule has 1 aromatic carbocycles. The summed E-state index contributed by atoms with van der Waals surface area (Å²) in [4.78, 5) is 11.3. The summed E-state index contributed by atoms with van der Waals surface area (Å²) in [6.45, 7) is 10.1. The Kier molecular flexibility index (Phi) is 3.48. The van der Waals surface area contributed by atoms with Gasteiger partial charge in [0.25, 0.3) is 5.69 Å². The molecule has 0 amide bonds. The van der Waals surface area contributed by atoms with E-state index in [-0.39, 0.29) is 26.6 Å². The molecule has 5 nitrogen and oxygen atoms in total. The molecule has 2 rings (SSSR count). The topological polar surface area (TPSA) is 81.2 Å². The molecule has 21 heavy (non-hydrogen) atoms. The summed E-state index contributed by atoms with van der Waals surface area (Å²) < 4.78 is 0. The van der Waals surface area contributed by atoms with E-state index >= 15 is 0 Å². The fourth-order valence-corrected chi connectivity index (χ4v) is 3.88. The number of nitrogens with zero attached hydrogens (tertiary/aromatic N) is 1. The van der Waals surface area contributed by atoms with Gasteiger partial charge in [0.2, 0.25) is 0 Å². The first-order valence-electron chi connectivity index (χ1n) is 6.87. The second-order valence-corrected chi connectivity index (χ2v) is 7.45. The summed E-state index contributed by atoms with van der Waals surface area (Å²) in [5, 5.41) is 14.6.